The Labute approximate surface area is 116 Å². The number of carbonyl (C=O) groups is 1. The summed E-state index contributed by atoms with van der Waals surface area (Å²) < 4.78 is 2.54. The maximum absolute atomic E-state index is 11.8. The minimum absolute atomic E-state index is 0.0435. The van der Waals surface area contributed by atoms with Crippen LogP contribution in [0.3, 0.4) is 0 Å². The molecule has 17 heavy (non-hydrogen) atoms. The van der Waals surface area contributed by atoms with Gasteiger partial charge >= 0.3 is 0 Å². The second kappa shape index (κ2) is 5.16. The SMILES string of the molecule is Cn1ncc(Cl)c1/C=C/C(=O)c1cc(Br)cs1. The summed E-state index contributed by atoms with van der Waals surface area (Å²) in [5.74, 6) is -0.0435. The number of aromatic nitrogens is 2. The zero-order valence-corrected chi connectivity index (χ0v) is 12.0. The topological polar surface area (TPSA) is 34.9 Å². The lowest BCUT2D eigenvalue weighted by Gasteiger charge is -1.94. The van der Waals surface area contributed by atoms with Crippen LogP contribution in [-0.2, 0) is 7.05 Å². The van der Waals surface area contributed by atoms with Gasteiger partial charge in [-0.25, -0.2) is 0 Å². The summed E-state index contributed by atoms with van der Waals surface area (Å²) in [5, 5.41) is 6.39. The molecule has 2 aromatic heterocycles. The van der Waals surface area contributed by atoms with E-state index in [0.29, 0.717) is 9.90 Å². The number of thiophene rings is 1. The molecular weight excluding hydrogens is 324 g/mol. The zero-order valence-electron chi connectivity index (χ0n) is 8.85. The van der Waals surface area contributed by atoms with Gasteiger partial charge in [0.15, 0.2) is 5.78 Å². The van der Waals surface area contributed by atoms with Crippen LogP contribution in [0, 0.1) is 0 Å². The molecule has 0 N–H and O–H groups in total. The van der Waals surface area contributed by atoms with Gasteiger partial charge < -0.3 is 0 Å². The molecule has 0 bridgehead atoms. The van der Waals surface area contributed by atoms with E-state index in [-0.39, 0.29) is 5.78 Å². The smallest absolute Gasteiger partial charge is 0.195 e. The summed E-state index contributed by atoms with van der Waals surface area (Å²) in [7, 11) is 1.78. The molecule has 0 fully saturated rings. The van der Waals surface area contributed by atoms with Crippen molar-refractivity contribution in [1.29, 1.82) is 0 Å². The molecule has 0 atom stereocenters. The van der Waals surface area contributed by atoms with E-state index in [1.54, 1.807) is 30.1 Å². The summed E-state index contributed by atoms with van der Waals surface area (Å²) in [6.07, 6.45) is 4.72. The van der Waals surface area contributed by atoms with E-state index >= 15 is 0 Å². The summed E-state index contributed by atoms with van der Waals surface area (Å²) in [6, 6.07) is 1.79. The van der Waals surface area contributed by atoms with Gasteiger partial charge in [0.25, 0.3) is 0 Å². The average Bonchev–Trinajstić information content (AvgIpc) is 2.84. The highest BCUT2D eigenvalue weighted by Crippen LogP contribution is 2.21. The molecule has 0 radical (unpaired) electrons. The summed E-state index contributed by atoms with van der Waals surface area (Å²) in [5.41, 5.74) is 0.718. The summed E-state index contributed by atoms with van der Waals surface area (Å²) >= 11 is 10.6. The minimum atomic E-state index is -0.0435. The maximum atomic E-state index is 11.8. The fraction of sp³-hybridized carbons (Fsp3) is 0.0909. The number of hydrogen-bond donors (Lipinski definition) is 0. The molecule has 6 heteroatoms. The van der Waals surface area contributed by atoms with Crippen LogP contribution in [0.1, 0.15) is 15.4 Å². The van der Waals surface area contributed by atoms with Crippen LogP contribution in [0.5, 0.6) is 0 Å². The maximum Gasteiger partial charge on any atom is 0.195 e. The fourth-order valence-electron chi connectivity index (χ4n) is 1.29. The Hall–Kier alpha value is -0.910. The number of nitrogens with zero attached hydrogens (tertiary/aromatic N) is 2. The lowest BCUT2D eigenvalue weighted by atomic mass is 10.2. The van der Waals surface area contributed by atoms with E-state index in [2.05, 4.69) is 21.0 Å². The molecule has 0 aliphatic rings. The molecule has 0 aliphatic heterocycles. The molecule has 0 saturated heterocycles. The summed E-state index contributed by atoms with van der Waals surface area (Å²) in [6.45, 7) is 0. The predicted molar refractivity (Wildman–Crippen MR) is 73.6 cm³/mol. The van der Waals surface area contributed by atoms with Crippen molar-refractivity contribution in [3.05, 3.63) is 43.8 Å². The third-order valence-corrected chi connectivity index (χ3v) is 4.14. The highest BCUT2D eigenvalue weighted by atomic mass is 79.9. The Morgan fingerprint density at radius 2 is 2.41 bits per heavy atom. The Balaban J connectivity index is 2.19. The monoisotopic (exact) mass is 330 g/mol. The largest absolute Gasteiger partial charge is 0.288 e. The molecule has 0 unspecified atom stereocenters. The third-order valence-electron chi connectivity index (χ3n) is 2.14. The van der Waals surface area contributed by atoms with Crippen LogP contribution in [0.15, 0.2) is 28.2 Å². The minimum Gasteiger partial charge on any atom is -0.288 e. The lowest BCUT2D eigenvalue weighted by molar-refractivity contribution is 0.105. The Bertz CT molecular complexity index is 569. The molecule has 0 spiro atoms. The standard InChI is InChI=1S/C11H8BrClN2OS/c1-15-9(8(13)5-14-15)2-3-10(16)11-4-7(12)6-17-11/h2-6H,1H3/b3-2+. The van der Waals surface area contributed by atoms with E-state index in [0.717, 1.165) is 10.2 Å². The molecule has 2 heterocycles. The van der Waals surface area contributed by atoms with Gasteiger partial charge in [-0.05, 0) is 34.1 Å². The van der Waals surface area contributed by atoms with Crippen molar-refractivity contribution in [2.75, 3.05) is 0 Å². The molecule has 0 amide bonds. The number of aryl methyl sites for hydroxylation is 1. The van der Waals surface area contributed by atoms with Gasteiger partial charge in [-0.2, -0.15) is 5.10 Å². The second-order valence-corrected chi connectivity index (χ2v) is 5.56. The molecule has 0 aliphatic carbocycles. The fourth-order valence-corrected chi connectivity index (χ4v) is 2.86. The number of rotatable bonds is 3. The van der Waals surface area contributed by atoms with Gasteiger partial charge in [-0.15, -0.1) is 11.3 Å². The number of allylic oxidation sites excluding steroid dienone is 1. The molecule has 2 rings (SSSR count). The first-order chi connectivity index (χ1) is 8.08. The molecule has 2 aromatic rings. The van der Waals surface area contributed by atoms with E-state index in [4.69, 9.17) is 11.6 Å². The Morgan fingerprint density at radius 3 is 2.94 bits per heavy atom. The Kier molecular flexibility index (Phi) is 3.81. The number of hydrogen-bond acceptors (Lipinski definition) is 3. The quantitative estimate of drug-likeness (QED) is 0.633. The molecule has 0 aromatic carbocycles. The average molecular weight is 332 g/mol. The van der Waals surface area contributed by atoms with Gasteiger partial charge in [0.2, 0.25) is 0 Å². The first kappa shape index (κ1) is 12.5. The van der Waals surface area contributed by atoms with Crippen molar-refractivity contribution in [2.45, 2.75) is 0 Å². The lowest BCUT2D eigenvalue weighted by Crippen LogP contribution is -1.94. The van der Waals surface area contributed by atoms with Gasteiger partial charge in [-0.3, -0.25) is 9.48 Å². The van der Waals surface area contributed by atoms with Gasteiger partial charge in [0, 0.05) is 16.9 Å². The number of halogens is 2. The normalized spacial score (nSPS) is 11.2. The van der Waals surface area contributed by atoms with E-state index in [1.165, 1.54) is 17.4 Å². The van der Waals surface area contributed by atoms with Crippen molar-refractivity contribution in [3.63, 3.8) is 0 Å². The van der Waals surface area contributed by atoms with Gasteiger partial charge in [-0.1, -0.05) is 11.6 Å². The number of carbonyl (C=O) groups excluding carboxylic acids is 1. The molecular formula is C11H8BrClN2OS. The summed E-state index contributed by atoms with van der Waals surface area (Å²) in [4.78, 5) is 12.5. The molecule has 3 nitrogen and oxygen atoms in total. The Morgan fingerprint density at radius 1 is 1.65 bits per heavy atom. The van der Waals surface area contributed by atoms with Crippen LogP contribution in [0.2, 0.25) is 5.02 Å². The van der Waals surface area contributed by atoms with Crippen molar-refractivity contribution in [1.82, 2.24) is 9.78 Å². The first-order valence-electron chi connectivity index (χ1n) is 4.72. The van der Waals surface area contributed by atoms with Crippen molar-refractivity contribution in [3.8, 4) is 0 Å². The van der Waals surface area contributed by atoms with E-state index < -0.39 is 0 Å². The van der Waals surface area contributed by atoms with Crippen molar-refractivity contribution in [2.24, 2.45) is 7.05 Å². The van der Waals surface area contributed by atoms with Gasteiger partial charge in [0.1, 0.15) is 0 Å². The van der Waals surface area contributed by atoms with E-state index in [1.807, 2.05) is 5.38 Å². The van der Waals surface area contributed by atoms with E-state index in [9.17, 15) is 4.79 Å². The highest BCUT2D eigenvalue weighted by Gasteiger charge is 2.06. The van der Waals surface area contributed by atoms with Crippen LogP contribution < -0.4 is 0 Å². The number of ketones is 1. The van der Waals surface area contributed by atoms with Crippen LogP contribution in [-0.4, -0.2) is 15.6 Å². The van der Waals surface area contributed by atoms with Crippen molar-refractivity contribution < 1.29 is 4.79 Å². The first-order valence-corrected chi connectivity index (χ1v) is 6.77. The molecule has 88 valence electrons. The second-order valence-electron chi connectivity index (χ2n) is 3.33. The predicted octanol–water partition coefficient (Wildman–Crippen LogP) is 3.79. The van der Waals surface area contributed by atoms with Gasteiger partial charge in [0.05, 0.1) is 21.8 Å². The van der Waals surface area contributed by atoms with Crippen LogP contribution >= 0.6 is 38.9 Å². The highest BCUT2D eigenvalue weighted by molar-refractivity contribution is 9.10. The van der Waals surface area contributed by atoms with Crippen LogP contribution in [0.25, 0.3) is 6.08 Å². The molecule has 0 saturated carbocycles. The van der Waals surface area contributed by atoms with Crippen molar-refractivity contribution >= 4 is 50.7 Å². The zero-order chi connectivity index (χ0) is 12.4. The van der Waals surface area contributed by atoms with Crippen LogP contribution in [0.4, 0.5) is 0 Å². The third kappa shape index (κ3) is 2.86.